The average molecular weight is 485 g/mol. The number of para-hydroxylation sites is 1. The lowest BCUT2D eigenvalue weighted by molar-refractivity contribution is 0.0949. The molecule has 0 saturated carbocycles. The number of aromatic nitrogens is 6. The minimum atomic E-state index is -0.280. The Morgan fingerprint density at radius 2 is 1.83 bits per heavy atom. The van der Waals surface area contributed by atoms with Gasteiger partial charge in [-0.05, 0) is 30.6 Å². The van der Waals surface area contributed by atoms with E-state index in [0.717, 1.165) is 33.9 Å². The topological polar surface area (TPSA) is 102 Å². The molecule has 0 aliphatic heterocycles. The van der Waals surface area contributed by atoms with Crippen molar-refractivity contribution in [1.82, 2.24) is 34.9 Å². The van der Waals surface area contributed by atoms with Crippen LogP contribution in [-0.2, 0) is 0 Å². The van der Waals surface area contributed by atoms with Gasteiger partial charge in [-0.3, -0.25) is 4.79 Å². The van der Waals surface area contributed by atoms with Gasteiger partial charge in [0.2, 0.25) is 0 Å². The Kier molecular flexibility index (Phi) is 6.20. The average Bonchev–Trinajstić information content (AvgIpc) is 3.45. The van der Waals surface area contributed by atoms with Crippen molar-refractivity contribution in [3.8, 4) is 16.9 Å². The Hall–Kier alpha value is -4.18. The fourth-order valence-corrected chi connectivity index (χ4v) is 3.95. The van der Waals surface area contributed by atoms with Crippen LogP contribution in [0.4, 0.5) is 5.82 Å². The number of rotatable bonds is 7. The van der Waals surface area contributed by atoms with E-state index in [1.807, 2.05) is 68.5 Å². The van der Waals surface area contributed by atoms with Gasteiger partial charge in [-0.25, -0.2) is 4.98 Å². The van der Waals surface area contributed by atoms with E-state index >= 15 is 0 Å². The number of fused-ring (bicyclic) bond motifs is 1. The molecule has 0 fully saturated rings. The highest BCUT2D eigenvalue weighted by Crippen LogP contribution is 2.28. The SMILES string of the molecule is Bc1cnn2c(NCCNC(=O)c3nn(-c4ccccc4)nc3C)cc(-c3ccccc3Cl)nc12. The van der Waals surface area contributed by atoms with E-state index in [4.69, 9.17) is 16.6 Å². The molecular formula is C24H22BClN8O. The molecule has 5 rings (SSSR count). The van der Waals surface area contributed by atoms with Gasteiger partial charge in [0.15, 0.2) is 11.3 Å². The van der Waals surface area contributed by atoms with Gasteiger partial charge >= 0.3 is 0 Å². The first-order chi connectivity index (χ1) is 17.0. The Morgan fingerprint density at radius 1 is 1.06 bits per heavy atom. The van der Waals surface area contributed by atoms with Crippen LogP contribution in [0.5, 0.6) is 0 Å². The minimum absolute atomic E-state index is 0.280. The Morgan fingerprint density at radius 3 is 2.63 bits per heavy atom. The number of halogens is 1. The number of benzene rings is 2. The van der Waals surface area contributed by atoms with Crippen LogP contribution in [-0.4, -0.2) is 56.4 Å². The summed E-state index contributed by atoms with van der Waals surface area (Å²) in [5.74, 6) is 0.469. The molecule has 0 saturated heterocycles. The van der Waals surface area contributed by atoms with Crippen molar-refractivity contribution in [1.29, 1.82) is 0 Å². The largest absolute Gasteiger partial charge is 0.368 e. The van der Waals surface area contributed by atoms with Gasteiger partial charge in [0.25, 0.3) is 5.91 Å². The second kappa shape index (κ2) is 9.59. The number of carbonyl (C=O) groups excluding carboxylic acids is 1. The summed E-state index contributed by atoms with van der Waals surface area (Å²) < 4.78 is 1.74. The Labute approximate surface area is 207 Å². The van der Waals surface area contributed by atoms with Crippen molar-refractivity contribution in [2.24, 2.45) is 0 Å². The summed E-state index contributed by atoms with van der Waals surface area (Å²) in [6.07, 6.45) is 1.77. The number of nitrogens with one attached hydrogen (secondary N) is 2. The molecule has 3 aromatic heterocycles. The van der Waals surface area contributed by atoms with Crippen molar-refractivity contribution in [2.45, 2.75) is 6.92 Å². The first-order valence-electron chi connectivity index (χ1n) is 11.1. The summed E-state index contributed by atoms with van der Waals surface area (Å²) >= 11 is 6.41. The maximum atomic E-state index is 12.7. The first-order valence-corrected chi connectivity index (χ1v) is 11.5. The first kappa shape index (κ1) is 22.6. The third-order valence-corrected chi connectivity index (χ3v) is 5.83. The van der Waals surface area contributed by atoms with Gasteiger partial charge in [-0.1, -0.05) is 48.0 Å². The quantitative estimate of drug-likeness (QED) is 0.271. The predicted octanol–water partition coefficient (Wildman–Crippen LogP) is 2.04. The molecule has 0 aliphatic rings. The summed E-state index contributed by atoms with van der Waals surface area (Å²) in [6, 6.07) is 19.0. The van der Waals surface area contributed by atoms with Crippen molar-refractivity contribution in [3.05, 3.63) is 83.3 Å². The zero-order valence-corrected chi connectivity index (χ0v) is 20.0. The molecular weight excluding hydrogens is 463 g/mol. The molecule has 2 N–H and O–H groups in total. The number of hydrogen-bond donors (Lipinski definition) is 2. The maximum Gasteiger partial charge on any atom is 0.273 e. The van der Waals surface area contributed by atoms with Crippen LogP contribution in [0.2, 0.25) is 5.02 Å². The third-order valence-electron chi connectivity index (χ3n) is 5.50. The van der Waals surface area contributed by atoms with Crippen LogP contribution in [0.15, 0.2) is 66.9 Å². The zero-order valence-electron chi connectivity index (χ0n) is 19.2. The van der Waals surface area contributed by atoms with E-state index < -0.39 is 0 Å². The number of aryl methyl sites for hydroxylation is 1. The van der Waals surface area contributed by atoms with Gasteiger partial charge in [0.05, 0.1) is 17.1 Å². The molecule has 11 heteroatoms. The van der Waals surface area contributed by atoms with Crippen molar-refractivity contribution in [2.75, 3.05) is 18.4 Å². The summed E-state index contributed by atoms with van der Waals surface area (Å²) in [5, 5.41) is 20.0. The number of amides is 1. The number of anilines is 1. The van der Waals surface area contributed by atoms with E-state index in [1.165, 1.54) is 4.80 Å². The number of nitrogens with zero attached hydrogens (tertiary/aromatic N) is 6. The van der Waals surface area contributed by atoms with Crippen molar-refractivity contribution >= 4 is 42.3 Å². The van der Waals surface area contributed by atoms with Crippen LogP contribution in [0.25, 0.3) is 22.6 Å². The molecule has 0 spiro atoms. The fraction of sp³-hybridized carbons (Fsp3) is 0.125. The molecule has 0 aliphatic carbocycles. The molecule has 2 aromatic carbocycles. The van der Waals surface area contributed by atoms with E-state index in [0.29, 0.717) is 29.5 Å². The molecule has 174 valence electrons. The number of hydrogen-bond acceptors (Lipinski definition) is 6. The van der Waals surface area contributed by atoms with E-state index in [2.05, 4.69) is 25.9 Å². The minimum Gasteiger partial charge on any atom is -0.368 e. The molecule has 0 unspecified atom stereocenters. The third kappa shape index (κ3) is 4.60. The lowest BCUT2D eigenvalue weighted by atomic mass is 10.0. The molecule has 3 heterocycles. The molecule has 35 heavy (non-hydrogen) atoms. The highest BCUT2D eigenvalue weighted by Gasteiger charge is 2.16. The van der Waals surface area contributed by atoms with Crippen LogP contribution in [0, 0.1) is 6.92 Å². The fourth-order valence-electron chi connectivity index (χ4n) is 3.72. The van der Waals surface area contributed by atoms with Crippen LogP contribution < -0.4 is 16.1 Å². The second-order valence-corrected chi connectivity index (χ2v) is 8.42. The van der Waals surface area contributed by atoms with Crippen molar-refractivity contribution in [3.63, 3.8) is 0 Å². The summed E-state index contributed by atoms with van der Waals surface area (Å²) in [6.45, 7) is 2.61. The molecule has 1 amide bonds. The molecule has 0 radical (unpaired) electrons. The highest BCUT2D eigenvalue weighted by molar-refractivity contribution is 6.36. The van der Waals surface area contributed by atoms with Gasteiger partial charge in [-0.2, -0.15) is 19.5 Å². The summed E-state index contributed by atoms with van der Waals surface area (Å²) in [5.41, 5.74) is 4.92. The monoisotopic (exact) mass is 484 g/mol. The lowest BCUT2D eigenvalue weighted by Gasteiger charge is -2.12. The van der Waals surface area contributed by atoms with Crippen molar-refractivity contribution < 1.29 is 4.79 Å². The maximum absolute atomic E-state index is 12.7. The van der Waals surface area contributed by atoms with Gasteiger partial charge in [0.1, 0.15) is 13.7 Å². The van der Waals surface area contributed by atoms with E-state index in [-0.39, 0.29) is 5.91 Å². The van der Waals surface area contributed by atoms with Gasteiger partial charge in [0, 0.05) is 35.9 Å². The van der Waals surface area contributed by atoms with E-state index in [1.54, 1.807) is 17.6 Å². The Balaban J connectivity index is 1.29. The smallest absolute Gasteiger partial charge is 0.273 e. The predicted molar refractivity (Wildman–Crippen MR) is 139 cm³/mol. The molecule has 9 nitrogen and oxygen atoms in total. The van der Waals surface area contributed by atoms with Crippen LogP contribution in [0.1, 0.15) is 16.2 Å². The van der Waals surface area contributed by atoms with Gasteiger partial charge in [-0.15, -0.1) is 5.10 Å². The lowest BCUT2D eigenvalue weighted by Crippen LogP contribution is -2.30. The van der Waals surface area contributed by atoms with Gasteiger partial charge < -0.3 is 10.6 Å². The standard InChI is InChI=1S/C24H22BClN8O/c1-15-22(32-34(31-15)16-7-3-2-4-8-16)24(35)28-12-11-27-21-13-20(17-9-5-6-10-19(17)26)30-23-18(25)14-29-33(21)23/h2-10,13-14,27H,11-12,25H2,1H3,(H,28,35). The normalized spacial score (nSPS) is 11.0. The molecule has 0 atom stereocenters. The summed E-state index contributed by atoms with van der Waals surface area (Å²) in [7, 11) is 1.96. The molecule has 5 aromatic rings. The zero-order chi connectivity index (χ0) is 24.4. The van der Waals surface area contributed by atoms with Crippen LogP contribution in [0.3, 0.4) is 0 Å². The second-order valence-electron chi connectivity index (χ2n) is 8.01. The van der Waals surface area contributed by atoms with Crippen LogP contribution >= 0.6 is 11.6 Å². The number of carbonyl (C=O) groups is 1. The summed E-state index contributed by atoms with van der Waals surface area (Å²) in [4.78, 5) is 18.9. The van der Waals surface area contributed by atoms with E-state index in [9.17, 15) is 4.79 Å². The highest BCUT2D eigenvalue weighted by atomic mass is 35.5. The Bertz CT molecular complexity index is 1520. The molecule has 0 bridgehead atoms.